The maximum absolute atomic E-state index is 10.6. The van der Waals surface area contributed by atoms with Crippen LogP contribution in [0.2, 0.25) is 0 Å². The molecule has 0 bridgehead atoms. The topological polar surface area (TPSA) is 57.4 Å². The van der Waals surface area contributed by atoms with Gasteiger partial charge in [-0.15, -0.1) is 0 Å². The highest BCUT2D eigenvalue weighted by Gasteiger charge is 2.36. The van der Waals surface area contributed by atoms with Crippen molar-refractivity contribution in [1.29, 1.82) is 10.5 Å². The molecule has 2 atom stereocenters. The summed E-state index contributed by atoms with van der Waals surface area (Å²) in [5, 5.41) is 25.8. The first kappa shape index (κ1) is 23.1. The molecule has 0 N–H and O–H groups in total. The van der Waals surface area contributed by atoms with Crippen molar-refractivity contribution in [2.75, 3.05) is 0 Å². The monoisotopic (exact) mass is 502 g/mol. The van der Waals surface area contributed by atoms with Crippen molar-refractivity contribution in [3.8, 4) is 12.1 Å². The molecular formula is C35H26N4. The standard InChI is InChI=1S/C35H26N4/c1-22(21-38-30-15-7-3-11-24(30)25-12-4-8-16-31(25)38)34-23(2)28(19-36)35(29(34)20-37)39-32-17-9-5-13-26(32)27-14-6-10-18-33(27)39/h3-18,22-23H,21H2,1-2H3/t22-,23?/m1/s1. The number of allylic oxidation sites excluding steroid dienone is 4. The zero-order valence-electron chi connectivity index (χ0n) is 21.9. The number of hydrogen-bond acceptors (Lipinski definition) is 2. The number of nitrogens with zero attached hydrogens (tertiary/aromatic N) is 4. The summed E-state index contributed by atoms with van der Waals surface area (Å²) in [5.41, 5.74) is 7.44. The zero-order chi connectivity index (χ0) is 26.7. The molecule has 186 valence electrons. The molecule has 1 unspecified atom stereocenters. The third-order valence-corrected chi connectivity index (χ3v) is 8.38. The molecule has 6 aromatic rings. The fourth-order valence-corrected chi connectivity index (χ4v) is 6.76. The lowest BCUT2D eigenvalue weighted by Crippen LogP contribution is -2.14. The molecule has 2 aromatic heterocycles. The van der Waals surface area contributed by atoms with Crippen molar-refractivity contribution in [3.05, 3.63) is 114 Å². The number of para-hydroxylation sites is 4. The Bertz CT molecular complexity index is 2000. The number of hydrogen-bond donors (Lipinski definition) is 0. The highest BCUT2D eigenvalue weighted by Crippen LogP contribution is 2.46. The predicted molar refractivity (Wildman–Crippen MR) is 159 cm³/mol. The van der Waals surface area contributed by atoms with Crippen LogP contribution in [0.1, 0.15) is 13.8 Å². The van der Waals surface area contributed by atoms with Crippen LogP contribution in [-0.2, 0) is 6.54 Å². The highest BCUT2D eigenvalue weighted by atomic mass is 15.0. The molecule has 7 rings (SSSR count). The summed E-state index contributed by atoms with van der Waals surface area (Å²) in [6.07, 6.45) is 0. The van der Waals surface area contributed by atoms with Gasteiger partial charge in [-0.2, -0.15) is 10.5 Å². The lowest BCUT2D eigenvalue weighted by molar-refractivity contribution is 0.530. The number of nitriles is 2. The summed E-state index contributed by atoms with van der Waals surface area (Å²) in [7, 11) is 0. The van der Waals surface area contributed by atoms with Crippen molar-refractivity contribution in [2.45, 2.75) is 20.4 Å². The predicted octanol–water partition coefficient (Wildman–Crippen LogP) is 8.44. The number of benzene rings is 4. The van der Waals surface area contributed by atoms with Gasteiger partial charge in [-0.1, -0.05) is 86.6 Å². The van der Waals surface area contributed by atoms with Crippen molar-refractivity contribution < 1.29 is 0 Å². The summed E-state index contributed by atoms with van der Waals surface area (Å²) >= 11 is 0. The fraction of sp³-hybridized carbons (Fsp3) is 0.143. The Balaban J connectivity index is 1.43. The van der Waals surface area contributed by atoms with Crippen molar-refractivity contribution >= 4 is 49.3 Å². The smallest absolute Gasteiger partial charge is 0.101 e. The minimum absolute atomic E-state index is 0.0443. The Labute approximate surface area is 226 Å². The van der Waals surface area contributed by atoms with Gasteiger partial charge in [0.2, 0.25) is 0 Å². The Morgan fingerprint density at radius 1 is 0.667 bits per heavy atom. The summed E-state index contributed by atoms with van der Waals surface area (Å²) in [5.74, 6) is -0.106. The first-order valence-corrected chi connectivity index (χ1v) is 13.4. The molecule has 0 aliphatic heterocycles. The molecule has 4 aromatic carbocycles. The van der Waals surface area contributed by atoms with Gasteiger partial charge >= 0.3 is 0 Å². The number of fused-ring (bicyclic) bond motifs is 6. The molecule has 0 saturated carbocycles. The average Bonchev–Trinajstić information content (AvgIpc) is 3.58. The minimum atomic E-state index is -0.150. The molecule has 4 nitrogen and oxygen atoms in total. The molecule has 0 radical (unpaired) electrons. The van der Waals surface area contributed by atoms with E-state index in [4.69, 9.17) is 0 Å². The maximum Gasteiger partial charge on any atom is 0.101 e. The first-order valence-electron chi connectivity index (χ1n) is 13.4. The van der Waals surface area contributed by atoms with Crippen LogP contribution in [0.5, 0.6) is 0 Å². The van der Waals surface area contributed by atoms with E-state index < -0.39 is 0 Å². The third kappa shape index (κ3) is 3.22. The molecule has 0 saturated heterocycles. The van der Waals surface area contributed by atoms with E-state index in [0.29, 0.717) is 11.1 Å². The molecule has 1 aliphatic carbocycles. The van der Waals surface area contributed by atoms with Crippen LogP contribution in [0.4, 0.5) is 0 Å². The van der Waals surface area contributed by atoms with Crippen LogP contribution in [0.15, 0.2) is 114 Å². The van der Waals surface area contributed by atoms with Crippen LogP contribution >= 0.6 is 0 Å². The minimum Gasteiger partial charge on any atom is -0.340 e. The molecule has 4 heteroatoms. The van der Waals surface area contributed by atoms with E-state index in [9.17, 15) is 10.5 Å². The van der Waals surface area contributed by atoms with Gasteiger partial charge in [0.15, 0.2) is 0 Å². The third-order valence-electron chi connectivity index (χ3n) is 8.38. The second-order valence-corrected chi connectivity index (χ2v) is 10.5. The zero-order valence-corrected chi connectivity index (χ0v) is 21.9. The quantitative estimate of drug-likeness (QED) is 0.243. The van der Waals surface area contributed by atoms with E-state index in [1.807, 2.05) is 24.3 Å². The van der Waals surface area contributed by atoms with Gasteiger partial charge in [0.25, 0.3) is 0 Å². The molecule has 0 fully saturated rings. The van der Waals surface area contributed by atoms with Crippen LogP contribution in [0.3, 0.4) is 0 Å². The summed E-state index contributed by atoms with van der Waals surface area (Å²) in [4.78, 5) is 0. The molecule has 0 amide bonds. The van der Waals surface area contributed by atoms with Crippen LogP contribution < -0.4 is 0 Å². The van der Waals surface area contributed by atoms with E-state index in [1.165, 1.54) is 21.8 Å². The molecule has 39 heavy (non-hydrogen) atoms. The maximum atomic E-state index is 10.6. The second-order valence-electron chi connectivity index (χ2n) is 10.5. The van der Waals surface area contributed by atoms with Gasteiger partial charge in [-0.25, -0.2) is 0 Å². The second kappa shape index (κ2) is 8.76. The normalized spacial score (nSPS) is 16.5. The van der Waals surface area contributed by atoms with Crippen molar-refractivity contribution in [3.63, 3.8) is 0 Å². The fourth-order valence-electron chi connectivity index (χ4n) is 6.76. The van der Waals surface area contributed by atoms with Gasteiger partial charge < -0.3 is 9.13 Å². The largest absolute Gasteiger partial charge is 0.340 e. The van der Waals surface area contributed by atoms with E-state index in [2.05, 4.69) is 108 Å². The van der Waals surface area contributed by atoms with E-state index >= 15 is 0 Å². The van der Waals surface area contributed by atoms with Crippen molar-refractivity contribution in [2.24, 2.45) is 11.8 Å². The SMILES string of the molecule is CC1C(C#N)=C(n2c3ccccc3c3ccccc32)C(C#N)=C1[C@H](C)Cn1c2ccccc2c2ccccc21. The Hall–Kier alpha value is -5.06. The van der Waals surface area contributed by atoms with Gasteiger partial charge in [-0.05, 0) is 35.8 Å². The average molecular weight is 503 g/mol. The summed E-state index contributed by atoms with van der Waals surface area (Å²) in [6, 6.07) is 38.6. The summed E-state index contributed by atoms with van der Waals surface area (Å²) in [6.45, 7) is 4.99. The van der Waals surface area contributed by atoms with Gasteiger partial charge in [0.05, 0.1) is 33.9 Å². The molecule has 2 heterocycles. The first-order chi connectivity index (χ1) is 19.1. The van der Waals surface area contributed by atoms with Gasteiger partial charge in [0, 0.05) is 45.0 Å². The Morgan fingerprint density at radius 2 is 1.10 bits per heavy atom. The lowest BCUT2D eigenvalue weighted by atomic mass is 9.88. The van der Waals surface area contributed by atoms with Crippen LogP contribution in [0, 0.1) is 34.5 Å². The van der Waals surface area contributed by atoms with Gasteiger partial charge in [-0.3, -0.25) is 0 Å². The molecule has 1 aliphatic rings. The Morgan fingerprint density at radius 3 is 1.56 bits per heavy atom. The lowest BCUT2D eigenvalue weighted by Gasteiger charge is -2.20. The van der Waals surface area contributed by atoms with E-state index in [0.717, 1.165) is 39.6 Å². The molecule has 0 spiro atoms. The van der Waals surface area contributed by atoms with Crippen molar-refractivity contribution in [1.82, 2.24) is 9.13 Å². The van der Waals surface area contributed by atoms with Gasteiger partial charge in [0.1, 0.15) is 6.07 Å². The van der Waals surface area contributed by atoms with E-state index in [-0.39, 0.29) is 11.8 Å². The number of aromatic nitrogens is 2. The number of rotatable bonds is 4. The Kier molecular flexibility index (Phi) is 5.18. The molecular weight excluding hydrogens is 476 g/mol. The van der Waals surface area contributed by atoms with Crippen LogP contribution in [-0.4, -0.2) is 9.13 Å². The highest BCUT2D eigenvalue weighted by molar-refractivity contribution is 6.11. The van der Waals surface area contributed by atoms with Crippen LogP contribution in [0.25, 0.3) is 49.3 Å². The van der Waals surface area contributed by atoms with E-state index in [1.54, 1.807) is 0 Å². The summed E-state index contributed by atoms with van der Waals surface area (Å²) < 4.78 is 4.51.